The van der Waals surface area contributed by atoms with Crippen molar-refractivity contribution in [3.05, 3.63) is 62.7 Å². The van der Waals surface area contributed by atoms with E-state index >= 15 is 0 Å². The molecule has 2 aliphatic heterocycles. The molecular formula is C25H27Cl3N4S. The second-order valence-corrected chi connectivity index (χ2v) is 11.5. The molecular weight excluding hydrogens is 495 g/mol. The highest BCUT2D eigenvalue weighted by Crippen LogP contribution is 2.46. The van der Waals surface area contributed by atoms with E-state index in [1.54, 1.807) is 6.07 Å². The van der Waals surface area contributed by atoms with Gasteiger partial charge < -0.3 is 0 Å². The van der Waals surface area contributed by atoms with E-state index in [1.807, 2.05) is 40.7 Å². The Morgan fingerprint density at radius 2 is 1.79 bits per heavy atom. The molecule has 0 aliphatic carbocycles. The summed E-state index contributed by atoms with van der Waals surface area (Å²) in [5.41, 5.74) is 9.38. The van der Waals surface area contributed by atoms with Crippen LogP contribution in [-0.2, 0) is 12.3 Å². The van der Waals surface area contributed by atoms with Crippen molar-refractivity contribution in [2.24, 2.45) is 5.41 Å². The van der Waals surface area contributed by atoms with Crippen molar-refractivity contribution in [3.63, 3.8) is 0 Å². The van der Waals surface area contributed by atoms with Crippen LogP contribution >= 0.6 is 46.6 Å². The topological polar surface area (TPSA) is 33.1 Å². The second-order valence-electron chi connectivity index (χ2n) is 9.21. The van der Waals surface area contributed by atoms with Gasteiger partial charge in [0, 0.05) is 34.5 Å². The van der Waals surface area contributed by atoms with Crippen molar-refractivity contribution in [2.75, 3.05) is 13.1 Å². The van der Waals surface area contributed by atoms with Gasteiger partial charge in [0.1, 0.15) is 0 Å². The molecule has 33 heavy (non-hydrogen) atoms. The molecule has 1 fully saturated rings. The molecule has 3 heterocycles. The highest BCUT2D eigenvalue weighted by atomic mass is 35.5. The van der Waals surface area contributed by atoms with Gasteiger partial charge in [-0.2, -0.15) is 5.10 Å². The maximum absolute atomic E-state index is 6.61. The van der Waals surface area contributed by atoms with E-state index in [1.165, 1.54) is 29.7 Å². The maximum atomic E-state index is 6.61. The molecule has 0 spiro atoms. The zero-order valence-corrected chi connectivity index (χ0v) is 21.9. The van der Waals surface area contributed by atoms with Crippen molar-refractivity contribution in [3.8, 4) is 16.9 Å². The fraction of sp³-hybridized carbons (Fsp3) is 0.400. The summed E-state index contributed by atoms with van der Waals surface area (Å²) in [4.78, 5) is 1.19. The number of fused-ring (bicyclic) bond motifs is 3. The van der Waals surface area contributed by atoms with Crippen molar-refractivity contribution in [1.29, 1.82) is 0 Å². The first kappa shape index (κ1) is 23.5. The fourth-order valence-electron chi connectivity index (χ4n) is 4.59. The number of rotatable bonds is 5. The molecule has 0 unspecified atom stereocenters. The Bertz CT molecular complexity index is 1180. The quantitative estimate of drug-likeness (QED) is 0.374. The molecule has 5 rings (SSSR count). The molecule has 1 N–H and O–H groups in total. The third kappa shape index (κ3) is 4.69. The van der Waals surface area contributed by atoms with Crippen molar-refractivity contribution < 1.29 is 0 Å². The van der Waals surface area contributed by atoms with Crippen molar-refractivity contribution in [1.82, 2.24) is 20.2 Å². The van der Waals surface area contributed by atoms with Crippen LogP contribution in [0.5, 0.6) is 0 Å². The van der Waals surface area contributed by atoms with Crippen LogP contribution in [0.1, 0.15) is 44.4 Å². The van der Waals surface area contributed by atoms with Crippen molar-refractivity contribution >= 4 is 46.6 Å². The maximum Gasteiger partial charge on any atom is 0.0923 e. The van der Waals surface area contributed by atoms with Gasteiger partial charge in [-0.15, -0.1) is 11.8 Å². The van der Waals surface area contributed by atoms with Gasteiger partial charge >= 0.3 is 0 Å². The van der Waals surface area contributed by atoms with E-state index in [2.05, 4.69) is 30.3 Å². The van der Waals surface area contributed by atoms with E-state index in [9.17, 15) is 0 Å². The average Bonchev–Trinajstić information content (AvgIpc) is 3.17. The fourth-order valence-corrected chi connectivity index (χ4v) is 6.42. The van der Waals surface area contributed by atoms with E-state index in [0.717, 1.165) is 46.5 Å². The van der Waals surface area contributed by atoms with Gasteiger partial charge in [0.2, 0.25) is 0 Å². The van der Waals surface area contributed by atoms with E-state index < -0.39 is 0 Å². The largest absolute Gasteiger partial charge is 0.249 e. The molecule has 0 radical (unpaired) electrons. The van der Waals surface area contributed by atoms with Gasteiger partial charge in [-0.1, -0.05) is 61.1 Å². The van der Waals surface area contributed by atoms with E-state index in [-0.39, 0.29) is 0 Å². The number of piperidine rings is 1. The standard InChI is InChI=1S/C25H27Cl3N4S/c1-3-25(2)8-10-31(11-9-25)29-14-21-24-23(19-6-4-17(26)12-16(19)15-33-24)32(30-21)22-7-5-18(27)13-20(22)28/h4-7,12-13,29H,3,8-11,14-15H2,1-2H3. The minimum atomic E-state index is 0.463. The van der Waals surface area contributed by atoms with E-state index in [0.29, 0.717) is 22.0 Å². The second kappa shape index (κ2) is 9.44. The van der Waals surface area contributed by atoms with Crippen LogP contribution in [0.25, 0.3) is 16.9 Å². The number of nitrogens with one attached hydrogen (secondary N) is 1. The van der Waals surface area contributed by atoms with Crippen LogP contribution in [0.2, 0.25) is 15.1 Å². The number of halogens is 3. The molecule has 4 nitrogen and oxygen atoms in total. The third-order valence-electron chi connectivity index (χ3n) is 7.04. The zero-order valence-electron chi connectivity index (χ0n) is 18.8. The molecule has 0 bridgehead atoms. The Morgan fingerprint density at radius 3 is 2.52 bits per heavy atom. The Kier molecular flexibility index (Phi) is 6.73. The van der Waals surface area contributed by atoms with Crippen LogP contribution in [0.15, 0.2) is 41.3 Å². The van der Waals surface area contributed by atoms with Gasteiger partial charge in [-0.3, -0.25) is 0 Å². The minimum Gasteiger partial charge on any atom is -0.249 e. The van der Waals surface area contributed by atoms with Crippen LogP contribution in [-0.4, -0.2) is 27.9 Å². The Labute approximate surface area is 214 Å². The molecule has 2 aromatic carbocycles. The van der Waals surface area contributed by atoms with Gasteiger partial charge in [-0.25, -0.2) is 15.1 Å². The molecule has 1 saturated heterocycles. The molecule has 174 valence electrons. The molecule has 0 atom stereocenters. The number of thioether (sulfide) groups is 1. The van der Waals surface area contributed by atoms with Crippen LogP contribution < -0.4 is 5.43 Å². The Balaban J connectivity index is 1.49. The first-order valence-electron chi connectivity index (χ1n) is 11.3. The molecule has 8 heteroatoms. The number of benzene rings is 2. The van der Waals surface area contributed by atoms with Crippen LogP contribution in [0, 0.1) is 5.41 Å². The monoisotopic (exact) mass is 520 g/mol. The van der Waals surface area contributed by atoms with Crippen LogP contribution in [0.4, 0.5) is 0 Å². The normalized spacial score (nSPS) is 17.6. The predicted molar refractivity (Wildman–Crippen MR) is 140 cm³/mol. The number of aromatic nitrogens is 2. The highest BCUT2D eigenvalue weighted by molar-refractivity contribution is 7.98. The minimum absolute atomic E-state index is 0.463. The van der Waals surface area contributed by atoms with Crippen molar-refractivity contribution in [2.45, 2.75) is 50.3 Å². The molecule has 1 aromatic heterocycles. The Morgan fingerprint density at radius 1 is 1.06 bits per heavy atom. The number of hydrazine groups is 1. The molecule has 3 aromatic rings. The lowest BCUT2D eigenvalue weighted by molar-refractivity contribution is 0.0717. The summed E-state index contributed by atoms with van der Waals surface area (Å²) >= 11 is 20.9. The number of nitrogens with zero attached hydrogens (tertiary/aromatic N) is 3. The summed E-state index contributed by atoms with van der Waals surface area (Å²) in [6.07, 6.45) is 3.67. The molecule has 2 aliphatic rings. The summed E-state index contributed by atoms with van der Waals surface area (Å²) in [5, 5.41) is 9.33. The summed E-state index contributed by atoms with van der Waals surface area (Å²) in [5.74, 6) is 0.870. The average molecular weight is 522 g/mol. The lowest BCUT2D eigenvalue weighted by atomic mass is 9.79. The zero-order chi connectivity index (χ0) is 23.2. The highest BCUT2D eigenvalue weighted by Gasteiger charge is 2.30. The smallest absolute Gasteiger partial charge is 0.0923 e. The SMILES string of the molecule is CCC1(C)CCN(NCc2nn(-c3ccc(Cl)cc3Cl)c3c2SCc2cc(Cl)ccc2-3)CC1. The number of hydrogen-bond acceptors (Lipinski definition) is 4. The summed E-state index contributed by atoms with van der Waals surface area (Å²) in [6, 6.07) is 11.6. The van der Waals surface area contributed by atoms with Gasteiger partial charge in [-0.05, 0) is 54.2 Å². The third-order valence-corrected chi connectivity index (χ3v) is 8.98. The summed E-state index contributed by atoms with van der Waals surface area (Å²) in [6.45, 7) is 7.50. The first-order valence-corrected chi connectivity index (χ1v) is 13.5. The summed E-state index contributed by atoms with van der Waals surface area (Å²) in [7, 11) is 0. The predicted octanol–water partition coefficient (Wildman–Crippen LogP) is 7.62. The summed E-state index contributed by atoms with van der Waals surface area (Å²) < 4.78 is 1.97. The van der Waals surface area contributed by atoms with Crippen LogP contribution in [0.3, 0.4) is 0 Å². The molecule has 0 amide bonds. The van der Waals surface area contributed by atoms with Gasteiger partial charge in [0.05, 0.1) is 33.5 Å². The number of hydrogen-bond donors (Lipinski definition) is 1. The van der Waals surface area contributed by atoms with Gasteiger partial charge in [0.15, 0.2) is 0 Å². The molecule has 0 saturated carbocycles. The lowest BCUT2D eigenvalue weighted by Crippen LogP contribution is -2.46. The Hall–Kier alpha value is -1.21. The first-order chi connectivity index (χ1) is 15.9. The van der Waals surface area contributed by atoms with Gasteiger partial charge in [0.25, 0.3) is 0 Å². The lowest BCUT2D eigenvalue weighted by Gasteiger charge is -2.38. The van der Waals surface area contributed by atoms with E-state index in [4.69, 9.17) is 39.9 Å².